The van der Waals surface area contributed by atoms with Crippen molar-refractivity contribution in [1.29, 1.82) is 0 Å². The molecule has 0 aliphatic heterocycles. The SMILES string of the molecule is Sc1c(S)c2c(Cl)c(Cl)c3c(Cl)c(Cl)c4ccc5ccc6ccc1c1c6c5c4c3c21. The standard InChI is InChI=1S/C24H8Cl4S2/c25-19-9-5-3-7-1-2-8-4-6-10-14-12(8)11(7)13(9)15-16(14)18(24(30)23(10)29)22(28)21(27)17(15)20(19)26/h1-6,29-30H. The number of hydrogen-bond acceptors (Lipinski definition) is 2. The Morgan fingerprint density at radius 1 is 0.400 bits per heavy atom. The lowest BCUT2D eigenvalue weighted by Gasteiger charge is -2.24. The molecule has 0 atom stereocenters. The van der Waals surface area contributed by atoms with Crippen molar-refractivity contribution in [3.8, 4) is 0 Å². The molecular formula is C24H8Cl4S2. The van der Waals surface area contributed by atoms with E-state index in [9.17, 15) is 0 Å². The van der Waals surface area contributed by atoms with Gasteiger partial charge in [-0.25, -0.2) is 0 Å². The van der Waals surface area contributed by atoms with Gasteiger partial charge in [0.15, 0.2) is 0 Å². The smallest absolute Gasteiger partial charge is 0.0693 e. The minimum atomic E-state index is 0.388. The summed E-state index contributed by atoms with van der Waals surface area (Å²) < 4.78 is 0. The molecule has 6 heteroatoms. The van der Waals surface area contributed by atoms with Gasteiger partial charge in [-0.3, -0.25) is 0 Å². The summed E-state index contributed by atoms with van der Waals surface area (Å²) >= 11 is 36.8. The van der Waals surface area contributed by atoms with Crippen LogP contribution in [-0.2, 0) is 0 Å². The maximum atomic E-state index is 6.83. The van der Waals surface area contributed by atoms with E-state index >= 15 is 0 Å². The average Bonchev–Trinajstić information content (AvgIpc) is 2.75. The summed E-state index contributed by atoms with van der Waals surface area (Å²) in [4.78, 5) is 1.49. The first kappa shape index (κ1) is 18.3. The molecule has 0 nitrogen and oxygen atoms in total. The monoisotopic (exact) mass is 500 g/mol. The van der Waals surface area contributed by atoms with Gasteiger partial charge in [0.25, 0.3) is 0 Å². The van der Waals surface area contributed by atoms with E-state index in [4.69, 9.17) is 71.7 Å². The summed E-state index contributed by atoms with van der Waals surface area (Å²) in [6.45, 7) is 0. The summed E-state index contributed by atoms with van der Waals surface area (Å²) in [6, 6.07) is 12.7. The number of halogens is 4. The molecule has 0 saturated carbocycles. The Labute approximate surface area is 201 Å². The number of hydrogen-bond donors (Lipinski definition) is 2. The molecule has 144 valence electrons. The Bertz CT molecular complexity index is 1720. The van der Waals surface area contributed by atoms with Gasteiger partial charge in [-0.1, -0.05) is 82.8 Å². The molecule has 0 saturated heterocycles. The van der Waals surface area contributed by atoms with Gasteiger partial charge in [0.2, 0.25) is 0 Å². The van der Waals surface area contributed by atoms with Crippen LogP contribution in [-0.4, -0.2) is 0 Å². The molecule has 0 unspecified atom stereocenters. The van der Waals surface area contributed by atoms with Gasteiger partial charge in [-0.2, -0.15) is 0 Å². The van der Waals surface area contributed by atoms with Crippen molar-refractivity contribution in [1.82, 2.24) is 0 Å². The molecule has 0 aliphatic carbocycles. The Hall–Kier alpha value is -1.26. The third-order valence-electron chi connectivity index (χ3n) is 6.41. The Morgan fingerprint density at radius 3 is 1.53 bits per heavy atom. The van der Waals surface area contributed by atoms with Crippen LogP contribution in [0, 0.1) is 0 Å². The molecule has 7 aromatic rings. The largest absolute Gasteiger partial charge is 0.142 e. The lowest BCUT2D eigenvalue weighted by molar-refractivity contribution is 1.39. The van der Waals surface area contributed by atoms with E-state index in [2.05, 4.69) is 30.3 Å². The van der Waals surface area contributed by atoms with Crippen molar-refractivity contribution in [2.75, 3.05) is 0 Å². The second-order valence-corrected chi connectivity index (χ2v) is 10.1. The Morgan fingerprint density at radius 2 is 0.867 bits per heavy atom. The van der Waals surface area contributed by atoms with Gasteiger partial charge in [0.1, 0.15) is 0 Å². The summed E-state index contributed by atoms with van der Waals surface area (Å²) in [5.74, 6) is 0. The van der Waals surface area contributed by atoms with Crippen LogP contribution in [0.25, 0.3) is 64.6 Å². The van der Waals surface area contributed by atoms with E-state index in [0.29, 0.717) is 30.4 Å². The van der Waals surface area contributed by atoms with Gasteiger partial charge in [0.05, 0.1) is 20.1 Å². The molecule has 0 aromatic heterocycles. The molecular weight excluding hydrogens is 494 g/mol. The Kier molecular flexibility index (Phi) is 3.51. The molecule has 0 spiro atoms. The van der Waals surface area contributed by atoms with E-state index in [1.54, 1.807) is 0 Å². The first-order valence-electron chi connectivity index (χ1n) is 9.19. The maximum Gasteiger partial charge on any atom is 0.0693 e. The van der Waals surface area contributed by atoms with E-state index in [0.717, 1.165) is 58.8 Å². The summed E-state index contributed by atoms with van der Waals surface area (Å²) in [6.07, 6.45) is 0. The van der Waals surface area contributed by atoms with Crippen LogP contribution in [0.2, 0.25) is 20.1 Å². The predicted octanol–water partition coefficient (Wildman–Crippen LogP) is 10.1. The molecule has 0 amide bonds. The normalized spacial score (nSPS) is 13.0. The maximum absolute atomic E-state index is 6.83. The molecule has 7 rings (SSSR count). The van der Waals surface area contributed by atoms with Crippen LogP contribution in [0.15, 0.2) is 46.2 Å². The molecule has 0 aliphatic rings. The highest BCUT2D eigenvalue weighted by Gasteiger charge is 2.28. The predicted molar refractivity (Wildman–Crippen MR) is 140 cm³/mol. The second kappa shape index (κ2) is 5.75. The minimum Gasteiger partial charge on any atom is -0.142 e. The van der Waals surface area contributed by atoms with Crippen LogP contribution < -0.4 is 0 Å². The summed E-state index contributed by atoms with van der Waals surface area (Å²) in [5.41, 5.74) is 0. The average molecular weight is 502 g/mol. The van der Waals surface area contributed by atoms with Gasteiger partial charge in [0, 0.05) is 42.1 Å². The van der Waals surface area contributed by atoms with Crippen molar-refractivity contribution in [2.45, 2.75) is 9.79 Å². The van der Waals surface area contributed by atoms with Crippen LogP contribution in [0.3, 0.4) is 0 Å². The van der Waals surface area contributed by atoms with Gasteiger partial charge >= 0.3 is 0 Å². The molecule has 0 radical (unpaired) electrons. The molecule has 30 heavy (non-hydrogen) atoms. The fraction of sp³-hybridized carbons (Fsp3) is 0. The van der Waals surface area contributed by atoms with Gasteiger partial charge in [-0.05, 0) is 32.3 Å². The van der Waals surface area contributed by atoms with E-state index in [1.807, 2.05) is 6.07 Å². The van der Waals surface area contributed by atoms with E-state index in [1.165, 1.54) is 5.39 Å². The fourth-order valence-corrected chi connectivity index (χ4v) is 7.09. The molecule has 0 bridgehead atoms. The van der Waals surface area contributed by atoms with Crippen LogP contribution in [0.1, 0.15) is 0 Å². The first-order chi connectivity index (χ1) is 14.4. The number of rotatable bonds is 0. The van der Waals surface area contributed by atoms with E-state index < -0.39 is 0 Å². The third-order valence-corrected chi connectivity index (χ3v) is 9.22. The zero-order valence-corrected chi connectivity index (χ0v) is 19.7. The highest BCUT2D eigenvalue weighted by atomic mass is 35.5. The molecule has 7 aromatic carbocycles. The topological polar surface area (TPSA) is 0 Å². The van der Waals surface area contributed by atoms with Gasteiger partial charge < -0.3 is 0 Å². The van der Waals surface area contributed by atoms with Crippen molar-refractivity contribution < 1.29 is 0 Å². The zero-order chi connectivity index (χ0) is 20.6. The highest BCUT2D eigenvalue weighted by Crippen LogP contribution is 2.57. The summed E-state index contributed by atoms with van der Waals surface area (Å²) in [7, 11) is 0. The number of thiol groups is 2. The van der Waals surface area contributed by atoms with Gasteiger partial charge in [-0.15, -0.1) is 25.3 Å². The lowest BCUT2D eigenvalue weighted by atomic mass is 9.82. The first-order valence-corrected chi connectivity index (χ1v) is 11.6. The van der Waals surface area contributed by atoms with Crippen molar-refractivity contribution in [2.24, 2.45) is 0 Å². The minimum absolute atomic E-state index is 0.388. The fourth-order valence-electron chi connectivity index (χ4n) is 5.22. The Balaban J connectivity index is 2.10. The zero-order valence-electron chi connectivity index (χ0n) is 14.9. The highest BCUT2D eigenvalue weighted by molar-refractivity contribution is 7.84. The van der Waals surface area contributed by atoms with Crippen LogP contribution >= 0.6 is 71.7 Å². The van der Waals surface area contributed by atoms with Crippen molar-refractivity contribution >= 4 is 136 Å². The van der Waals surface area contributed by atoms with E-state index in [-0.39, 0.29) is 0 Å². The second-order valence-electron chi connectivity index (χ2n) is 7.69. The molecule has 0 N–H and O–H groups in total. The van der Waals surface area contributed by atoms with Crippen molar-refractivity contribution in [3.05, 3.63) is 56.5 Å². The lowest BCUT2D eigenvalue weighted by Crippen LogP contribution is -1.96. The van der Waals surface area contributed by atoms with Crippen LogP contribution in [0.5, 0.6) is 0 Å². The number of benzene rings is 7. The van der Waals surface area contributed by atoms with Crippen LogP contribution in [0.4, 0.5) is 0 Å². The molecule has 0 fully saturated rings. The third kappa shape index (κ3) is 1.85. The molecule has 0 heterocycles. The van der Waals surface area contributed by atoms with Crippen molar-refractivity contribution in [3.63, 3.8) is 0 Å². The quantitative estimate of drug-likeness (QED) is 0.115. The summed E-state index contributed by atoms with van der Waals surface area (Å²) in [5, 5.41) is 13.9.